The highest BCUT2D eigenvalue weighted by Crippen LogP contribution is 2.57. The minimum absolute atomic E-state index is 0.0175. The first-order valence-corrected chi connectivity index (χ1v) is 22.1. The molecule has 3 N–H and O–H groups in total. The summed E-state index contributed by atoms with van der Waals surface area (Å²) in [5.74, 6) is 0.759. The van der Waals surface area contributed by atoms with Crippen molar-refractivity contribution in [1.29, 1.82) is 0 Å². The van der Waals surface area contributed by atoms with Gasteiger partial charge in [0.05, 0.1) is 45.1 Å². The molecule has 4 aromatic carbocycles. The largest absolute Gasteiger partial charge is 0.508 e. The molecule has 0 bridgehead atoms. The summed E-state index contributed by atoms with van der Waals surface area (Å²) in [5, 5.41) is 41.0. The Bertz CT molecular complexity index is 2840. The molecule has 66 heavy (non-hydrogen) atoms. The maximum Gasteiger partial charge on any atom is 0.410 e. The molecule has 0 spiro atoms. The first-order valence-electron chi connectivity index (χ1n) is 22.1. The van der Waals surface area contributed by atoms with Gasteiger partial charge in [0.2, 0.25) is 12.5 Å². The first-order chi connectivity index (χ1) is 32.0. The number of aromatic hydroxyl groups is 3. The Hall–Kier alpha value is -7.30. The second kappa shape index (κ2) is 16.9. The minimum Gasteiger partial charge on any atom is -0.508 e. The maximum atomic E-state index is 14.1. The van der Waals surface area contributed by atoms with E-state index in [9.17, 15) is 24.9 Å². The number of fused-ring (bicyclic) bond motifs is 4. The van der Waals surface area contributed by atoms with Crippen LogP contribution in [0.25, 0.3) is 28.0 Å². The number of piperidine rings is 1. The van der Waals surface area contributed by atoms with E-state index in [1.807, 2.05) is 68.6 Å². The second-order valence-electron chi connectivity index (χ2n) is 17.6. The number of cyclic esters (lactones) is 1. The van der Waals surface area contributed by atoms with Gasteiger partial charge in [-0.05, 0) is 102 Å². The SMILES string of the molecule is COc1cc([C@@H]2c3cc4c(cc3[C@H](OC(=O)N3CCC(CCn5ccc6cc(-n7c(O)nnc7-c7cc(C(C)C)c(O)cc7O)ccc65)CC3)[C@H]3COC(=O)[C@@H]23)OCO4)cc(OC)c1OC. The number of likely N-dealkylation sites (tertiary alicyclic amines) is 1. The number of nitrogens with zero attached hydrogens (tertiary/aromatic N) is 5. The van der Waals surface area contributed by atoms with Crippen LogP contribution in [0.5, 0.6) is 46.3 Å². The number of phenolic OH excluding ortho intramolecular Hbond substituents is 2. The number of aromatic nitrogens is 4. The monoisotopic (exact) mass is 901 g/mol. The molecule has 1 amide bonds. The zero-order chi connectivity index (χ0) is 46.0. The standard InChI is InChI=1S/C49H51N5O12/c1-25(2)30-19-33(37(56)22-36(30)55)46-50-51-48(58)54(46)29-6-7-35-27(16-29)11-15-52(35)12-8-26-9-13-53(14-10-26)49(59)66-44-32-21-39-38(64-24-65-39)20-31(32)42(43-34(44)23-63-47(43)57)28-17-40(60-3)45(62-5)41(18-28)61-4/h6-7,11,15-22,25-26,34,42-44,55-56H,8-10,12-14,23-24H2,1-5H3,(H,51,58)/t34-,42+,43+,44-/m0/s1. The van der Waals surface area contributed by atoms with Crippen molar-refractivity contribution in [2.75, 3.05) is 47.8 Å². The van der Waals surface area contributed by atoms with Gasteiger partial charge < -0.3 is 57.9 Å². The predicted molar refractivity (Wildman–Crippen MR) is 238 cm³/mol. The number of hydrogen-bond acceptors (Lipinski definition) is 14. The molecule has 4 atom stereocenters. The van der Waals surface area contributed by atoms with Gasteiger partial charge in [0.1, 0.15) is 17.6 Å². The van der Waals surface area contributed by atoms with Gasteiger partial charge in [-0.1, -0.05) is 18.9 Å². The summed E-state index contributed by atoms with van der Waals surface area (Å²) >= 11 is 0. The average molecular weight is 902 g/mol. The van der Waals surface area contributed by atoms with Crippen LogP contribution in [0.2, 0.25) is 0 Å². The molecule has 10 rings (SSSR count). The molecule has 17 nitrogen and oxygen atoms in total. The number of phenols is 2. The number of carbonyl (C=O) groups excluding carboxylic acids is 2. The molecule has 5 heterocycles. The summed E-state index contributed by atoms with van der Waals surface area (Å²) in [6.45, 7) is 5.82. The van der Waals surface area contributed by atoms with Gasteiger partial charge in [-0.2, -0.15) is 0 Å². The van der Waals surface area contributed by atoms with E-state index in [1.54, 1.807) is 25.2 Å². The van der Waals surface area contributed by atoms with E-state index >= 15 is 0 Å². The van der Waals surface area contributed by atoms with Crippen molar-refractivity contribution in [3.05, 3.63) is 89.1 Å². The molecule has 3 aliphatic heterocycles. The topological polar surface area (TPSA) is 198 Å². The number of rotatable bonds is 11. The highest BCUT2D eigenvalue weighted by Gasteiger charge is 2.54. The van der Waals surface area contributed by atoms with Crippen molar-refractivity contribution in [3.8, 4) is 63.3 Å². The number of amides is 1. The smallest absolute Gasteiger partial charge is 0.410 e. The van der Waals surface area contributed by atoms with Gasteiger partial charge in [0.25, 0.3) is 0 Å². The Morgan fingerprint density at radius 1 is 0.848 bits per heavy atom. The summed E-state index contributed by atoms with van der Waals surface area (Å²) in [4.78, 5) is 29.5. The predicted octanol–water partition coefficient (Wildman–Crippen LogP) is 7.80. The average Bonchev–Trinajstić information content (AvgIpc) is 4.13. The number of benzene rings is 4. The van der Waals surface area contributed by atoms with Crippen LogP contribution >= 0.6 is 0 Å². The van der Waals surface area contributed by atoms with Gasteiger partial charge >= 0.3 is 18.1 Å². The highest BCUT2D eigenvalue weighted by atomic mass is 16.7. The van der Waals surface area contributed by atoms with Crippen LogP contribution in [-0.4, -0.2) is 99.4 Å². The van der Waals surface area contributed by atoms with E-state index < -0.39 is 30.0 Å². The van der Waals surface area contributed by atoms with E-state index in [-0.39, 0.29) is 48.6 Å². The Morgan fingerprint density at radius 2 is 1.58 bits per heavy atom. The van der Waals surface area contributed by atoms with Crippen LogP contribution in [-0.2, 0) is 20.8 Å². The Labute approximate surface area is 379 Å². The van der Waals surface area contributed by atoms with Gasteiger partial charge in [-0.15, -0.1) is 5.10 Å². The number of hydrogen-bond donors (Lipinski definition) is 3. The summed E-state index contributed by atoms with van der Waals surface area (Å²) in [6, 6.07) is 17.9. The summed E-state index contributed by atoms with van der Waals surface area (Å²) in [5.41, 5.74) is 4.83. The lowest BCUT2D eigenvalue weighted by molar-refractivity contribution is -0.141. The fourth-order valence-electron chi connectivity index (χ4n) is 10.3. The van der Waals surface area contributed by atoms with Crippen molar-refractivity contribution >= 4 is 23.0 Å². The van der Waals surface area contributed by atoms with Crippen molar-refractivity contribution in [3.63, 3.8) is 0 Å². The molecule has 344 valence electrons. The van der Waals surface area contributed by atoms with Crippen LogP contribution in [0.3, 0.4) is 0 Å². The van der Waals surface area contributed by atoms with Crippen LogP contribution in [0.4, 0.5) is 4.79 Å². The summed E-state index contributed by atoms with van der Waals surface area (Å²) in [6.07, 6.45) is 3.32. The zero-order valence-corrected chi connectivity index (χ0v) is 37.2. The van der Waals surface area contributed by atoms with Gasteiger partial charge in [0.15, 0.2) is 28.8 Å². The van der Waals surface area contributed by atoms with Gasteiger partial charge in [0, 0.05) is 60.2 Å². The lowest BCUT2D eigenvalue weighted by Gasteiger charge is -2.40. The third-order valence-electron chi connectivity index (χ3n) is 13.7. The van der Waals surface area contributed by atoms with E-state index in [2.05, 4.69) is 14.8 Å². The number of esters is 1. The molecule has 4 aliphatic rings. The quantitative estimate of drug-likeness (QED) is 0.106. The third-order valence-corrected chi connectivity index (χ3v) is 13.7. The molecule has 6 aromatic rings. The Morgan fingerprint density at radius 3 is 2.27 bits per heavy atom. The second-order valence-corrected chi connectivity index (χ2v) is 17.6. The molecular weight excluding hydrogens is 851 g/mol. The number of carbonyl (C=O) groups is 2. The fraction of sp³-hybridized carbons (Fsp3) is 0.388. The Balaban J connectivity index is 0.829. The molecule has 2 saturated heterocycles. The number of methoxy groups -OCH3 is 3. The van der Waals surface area contributed by atoms with Crippen molar-refractivity contribution in [1.82, 2.24) is 24.2 Å². The Kier molecular flexibility index (Phi) is 10.9. The fourth-order valence-corrected chi connectivity index (χ4v) is 10.3. The minimum atomic E-state index is -0.782. The van der Waals surface area contributed by atoms with Crippen LogP contribution in [0, 0.1) is 17.8 Å². The van der Waals surface area contributed by atoms with Crippen molar-refractivity contribution in [2.45, 2.75) is 57.6 Å². The van der Waals surface area contributed by atoms with E-state index in [0.29, 0.717) is 64.6 Å². The summed E-state index contributed by atoms with van der Waals surface area (Å²) in [7, 11) is 4.62. The molecule has 1 aliphatic carbocycles. The van der Waals surface area contributed by atoms with E-state index in [0.717, 1.165) is 53.4 Å². The molecule has 2 aromatic heterocycles. The molecule has 2 fully saturated rings. The van der Waals surface area contributed by atoms with Crippen LogP contribution < -0.4 is 23.7 Å². The van der Waals surface area contributed by atoms with Crippen molar-refractivity contribution in [2.24, 2.45) is 17.8 Å². The van der Waals surface area contributed by atoms with Crippen molar-refractivity contribution < 1.29 is 58.1 Å². The molecule has 0 radical (unpaired) electrons. The summed E-state index contributed by atoms with van der Waals surface area (Å²) < 4.78 is 44.4. The van der Waals surface area contributed by atoms with Gasteiger partial charge in [-0.25, -0.2) is 9.36 Å². The molecular formula is C49H51N5O12. The number of ether oxygens (including phenoxy) is 7. The lowest BCUT2D eigenvalue weighted by Crippen LogP contribution is -2.42. The first kappa shape index (κ1) is 42.6. The molecule has 0 unspecified atom stereocenters. The normalized spacial score (nSPS) is 20.0. The van der Waals surface area contributed by atoms with Crippen LogP contribution in [0.15, 0.2) is 66.9 Å². The molecule has 17 heteroatoms. The lowest BCUT2D eigenvalue weighted by atomic mass is 9.66. The third kappa shape index (κ3) is 7.26. The van der Waals surface area contributed by atoms with E-state index in [1.165, 1.54) is 17.7 Å². The molecule has 0 saturated carbocycles. The van der Waals surface area contributed by atoms with Crippen LogP contribution in [0.1, 0.15) is 73.3 Å². The maximum absolute atomic E-state index is 14.1. The highest BCUT2D eigenvalue weighted by molar-refractivity contribution is 5.83. The van der Waals surface area contributed by atoms with Gasteiger partial charge in [-0.3, -0.25) is 4.79 Å². The number of aryl methyl sites for hydroxylation is 1. The zero-order valence-electron chi connectivity index (χ0n) is 37.2. The van der Waals surface area contributed by atoms with E-state index in [4.69, 9.17) is 33.2 Å².